The number of alkyl halides is 3. The second-order valence-electron chi connectivity index (χ2n) is 11.9. The number of nitrogens with zero attached hydrogens (tertiary/aromatic N) is 1. The molecule has 0 aromatic heterocycles. The number of carbonyl (C=O) groups is 4. The number of hydrogen-bond acceptors (Lipinski definition) is 14. The Hall–Kier alpha value is -4.82. The number of aliphatic hydroxyl groups excluding tert-OH is 2. The number of methoxy groups -OCH3 is 1. The fourth-order valence-electron chi connectivity index (χ4n) is 6.40. The lowest BCUT2D eigenvalue weighted by Crippen LogP contribution is -2.57. The van der Waals surface area contributed by atoms with Gasteiger partial charge in [-0.1, -0.05) is 17.3 Å². The Bertz CT molecular complexity index is 1780. The van der Waals surface area contributed by atoms with Crippen LogP contribution in [0.5, 0.6) is 17.2 Å². The van der Waals surface area contributed by atoms with Crippen LogP contribution in [-0.4, -0.2) is 116 Å². The van der Waals surface area contributed by atoms with Crippen LogP contribution in [0, 0.1) is 0 Å². The van der Waals surface area contributed by atoms with Gasteiger partial charge in [0.25, 0.3) is 0 Å². The van der Waals surface area contributed by atoms with Gasteiger partial charge in [-0.25, -0.2) is 4.79 Å². The Morgan fingerprint density at radius 1 is 1.12 bits per heavy atom. The van der Waals surface area contributed by atoms with Crippen molar-refractivity contribution in [1.82, 2.24) is 5.32 Å². The van der Waals surface area contributed by atoms with Gasteiger partial charge in [-0.2, -0.15) is 13.2 Å². The average Bonchev–Trinajstić information content (AvgIpc) is 3.04. The molecule has 2 aromatic carbocycles. The molecule has 1 fully saturated rings. The van der Waals surface area contributed by atoms with Crippen LogP contribution < -0.4 is 10.1 Å². The van der Waals surface area contributed by atoms with Crippen LogP contribution >= 0.6 is 0 Å². The minimum absolute atomic E-state index is 0.0226. The summed E-state index contributed by atoms with van der Waals surface area (Å²) in [5.74, 6) is -7.42. The number of phenols is 2. The summed E-state index contributed by atoms with van der Waals surface area (Å²) in [6.07, 6.45) is -13.5. The number of nitrogens with one attached hydrogen (secondary N) is 1. The van der Waals surface area contributed by atoms with E-state index in [-0.39, 0.29) is 28.0 Å². The van der Waals surface area contributed by atoms with Crippen LogP contribution in [0.3, 0.4) is 0 Å². The third kappa shape index (κ3) is 6.44. The van der Waals surface area contributed by atoms with Crippen molar-refractivity contribution in [2.24, 2.45) is 5.16 Å². The maximum absolute atomic E-state index is 13.9. The highest BCUT2D eigenvalue weighted by molar-refractivity contribution is 6.31. The summed E-state index contributed by atoms with van der Waals surface area (Å²) >= 11 is 0. The van der Waals surface area contributed by atoms with Crippen molar-refractivity contribution < 1.29 is 82.0 Å². The lowest BCUT2D eigenvalue weighted by Gasteiger charge is -2.43. The zero-order valence-electron chi connectivity index (χ0n) is 26.2. The lowest BCUT2D eigenvalue weighted by atomic mass is 9.71. The number of rotatable bonds is 9. The molecule has 3 aliphatic rings. The Balaban J connectivity index is 1.64. The number of halogens is 3. The van der Waals surface area contributed by atoms with E-state index >= 15 is 0 Å². The second kappa shape index (κ2) is 13.5. The standard InChI is InChI=1S/C31H31F3N2O14/c1-11-24(40)14(35-29(45)31(32,33)34)6-19(49-11)50-16-8-30(46,17(9-37)36-48-10-18(38)39)7-13-21(16)28(44)23-22(26(13)42)25(41)12-4-3-5-15(47-2)20(12)27(23)43/h3-5,11,14,16,19,24,37,40,42,44,46H,6-10H2,1-2H3,(H,35,45)(H,38,39)/t11?,14?,16-,19?,24?,30-/m0/s1. The smallest absolute Gasteiger partial charge is 0.471 e. The third-order valence-corrected chi connectivity index (χ3v) is 8.72. The van der Waals surface area contributed by atoms with E-state index in [9.17, 15) is 57.9 Å². The minimum atomic E-state index is -5.30. The van der Waals surface area contributed by atoms with E-state index < -0.39 is 127 Å². The summed E-state index contributed by atoms with van der Waals surface area (Å²) in [7, 11) is 1.24. The zero-order valence-corrected chi connectivity index (χ0v) is 26.2. The van der Waals surface area contributed by atoms with Gasteiger partial charge in [0.2, 0.25) is 12.4 Å². The largest absolute Gasteiger partial charge is 0.507 e. The van der Waals surface area contributed by atoms with E-state index in [4.69, 9.17) is 24.2 Å². The maximum atomic E-state index is 13.9. The van der Waals surface area contributed by atoms with Gasteiger partial charge in [-0.3, -0.25) is 14.4 Å². The summed E-state index contributed by atoms with van der Waals surface area (Å²) in [6.45, 7) is -0.769. The summed E-state index contributed by atoms with van der Waals surface area (Å²) in [5, 5.41) is 69.8. The first kappa shape index (κ1) is 36.5. The molecule has 1 saturated heterocycles. The monoisotopic (exact) mass is 712 g/mol. The third-order valence-electron chi connectivity index (χ3n) is 8.72. The van der Waals surface area contributed by atoms with Gasteiger partial charge in [-0.05, 0) is 13.0 Å². The molecular weight excluding hydrogens is 681 g/mol. The predicted molar refractivity (Wildman–Crippen MR) is 158 cm³/mol. The predicted octanol–water partition coefficient (Wildman–Crippen LogP) is 0.609. The SMILES string of the molecule is COc1cccc2c1C(=O)c1c(O)c3c(c(O)c1C2=O)C[C@@](O)(C(CO)=NOCC(=O)O)C[C@@H]3OC1CC(NC(=O)C(F)(F)F)C(O)C(C)O1. The molecule has 50 heavy (non-hydrogen) atoms. The van der Waals surface area contributed by atoms with Gasteiger partial charge in [-0.15, -0.1) is 0 Å². The molecule has 2 aliphatic carbocycles. The molecule has 0 spiro atoms. The van der Waals surface area contributed by atoms with Crippen molar-refractivity contribution in [2.75, 3.05) is 20.3 Å². The van der Waals surface area contributed by atoms with Crippen molar-refractivity contribution in [3.63, 3.8) is 0 Å². The van der Waals surface area contributed by atoms with Gasteiger partial charge >= 0.3 is 18.1 Å². The number of carboxylic acid groups (broad SMARTS) is 1. The highest BCUT2D eigenvalue weighted by atomic mass is 19.4. The van der Waals surface area contributed by atoms with Crippen molar-refractivity contribution in [2.45, 2.75) is 68.6 Å². The van der Waals surface area contributed by atoms with E-state index in [1.807, 2.05) is 0 Å². The molecule has 1 amide bonds. The van der Waals surface area contributed by atoms with Crippen LogP contribution in [0.15, 0.2) is 23.4 Å². The number of aliphatic hydroxyl groups is 3. The molecule has 16 nitrogen and oxygen atoms in total. The van der Waals surface area contributed by atoms with Crippen LogP contribution in [0.2, 0.25) is 0 Å². The van der Waals surface area contributed by atoms with Crippen LogP contribution in [0.25, 0.3) is 0 Å². The number of aliphatic carboxylic acids is 1. The number of fused-ring (bicyclic) bond motifs is 3. The van der Waals surface area contributed by atoms with Crippen molar-refractivity contribution in [1.29, 1.82) is 0 Å². The Morgan fingerprint density at radius 3 is 2.42 bits per heavy atom. The van der Waals surface area contributed by atoms with Crippen molar-refractivity contribution >= 4 is 29.2 Å². The molecule has 4 unspecified atom stereocenters. The summed E-state index contributed by atoms with van der Waals surface area (Å²) in [5.41, 5.74) is -5.38. The number of carboxylic acids is 1. The van der Waals surface area contributed by atoms with E-state index in [0.29, 0.717) is 0 Å². The normalized spacial score (nSPS) is 26.4. The van der Waals surface area contributed by atoms with Crippen LogP contribution in [-0.2, 0) is 30.3 Å². The number of aromatic hydroxyl groups is 2. The minimum Gasteiger partial charge on any atom is -0.507 e. The molecule has 0 radical (unpaired) electrons. The van der Waals surface area contributed by atoms with E-state index in [2.05, 4.69) is 5.16 Å². The summed E-state index contributed by atoms with van der Waals surface area (Å²) in [4.78, 5) is 55.0. The highest BCUT2D eigenvalue weighted by Crippen LogP contribution is 2.52. The van der Waals surface area contributed by atoms with Crippen LogP contribution in [0.1, 0.15) is 68.8 Å². The molecule has 270 valence electrons. The molecule has 19 heteroatoms. The molecule has 7 N–H and O–H groups in total. The summed E-state index contributed by atoms with van der Waals surface area (Å²) in [6, 6.07) is 2.52. The van der Waals surface area contributed by atoms with Gasteiger partial charge in [0.05, 0.1) is 48.7 Å². The maximum Gasteiger partial charge on any atom is 0.471 e. The topological polar surface area (TPSA) is 251 Å². The summed E-state index contributed by atoms with van der Waals surface area (Å²) < 4.78 is 56.0. The molecule has 1 heterocycles. The molecular formula is C31H31F3N2O14. The molecule has 0 saturated carbocycles. The number of phenolic OH excluding ortho intramolecular Hbond substituents is 2. The first-order valence-electron chi connectivity index (χ1n) is 14.9. The number of amides is 1. The van der Waals surface area contributed by atoms with Gasteiger partial charge in [0.15, 0.2) is 12.1 Å². The lowest BCUT2D eigenvalue weighted by molar-refractivity contribution is -0.249. The Kier molecular flexibility index (Phi) is 9.83. The van der Waals surface area contributed by atoms with Crippen LogP contribution in [0.4, 0.5) is 13.2 Å². The van der Waals surface area contributed by atoms with Gasteiger partial charge < -0.3 is 55.0 Å². The van der Waals surface area contributed by atoms with Gasteiger partial charge in [0, 0.05) is 36.0 Å². The first-order valence-corrected chi connectivity index (χ1v) is 14.9. The quantitative estimate of drug-likeness (QED) is 0.0913. The number of ketones is 2. The Morgan fingerprint density at radius 2 is 1.80 bits per heavy atom. The number of carbonyl (C=O) groups excluding carboxylic acids is 3. The molecule has 6 atom stereocenters. The number of benzene rings is 2. The Labute approximate surface area is 279 Å². The fraction of sp³-hybridized carbons (Fsp3) is 0.452. The molecule has 5 rings (SSSR count). The average molecular weight is 713 g/mol. The van der Waals surface area contributed by atoms with E-state index in [1.54, 1.807) is 5.32 Å². The van der Waals surface area contributed by atoms with Crippen molar-refractivity contribution in [3.8, 4) is 17.2 Å². The molecule has 2 aromatic rings. The fourth-order valence-corrected chi connectivity index (χ4v) is 6.40. The first-order chi connectivity index (χ1) is 23.4. The molecule has 0 bridgehead atoms. The number of hydrogen-bond donors (Lipinski definition) is 7. The number of oxime groups is 1. The van der Waals surface area contributed by atoms with Gasteiger partial charge in [0.1, 0.15) is 34.7 Å². The second-order valence-corrected chi connectivity index (χ2v) is 11.9. The zero-order chi connectivity index (χ0) is 36.9. The van der Waals surface area contributed by atoms with E-state index in [1.165, 1.54) is 32.2 Å². The van der Waals surface area contributed by atoms with Crippen molar-refractivity contribution in [3.05, 3.63) is 51.6 Å². The van der Waals surface area contributed by atoms with E-state index in [0.717, 1.165) is 0 Å². The highest BCUT2D eigenvalue weighted by Gasteiger charge is 2.50. The molecule has 1 aliphatic heterocycles. The number of ether oxygens (including phenoxy) is 3.